The van der Waals surface area contributed by atoms with E-state index >= 15 is 0 Å². The lowest BCUT2D eigenvalue weighted by atomic mass is 10.0. The lowest BCUT2D eigenvalue weighted by Gasteiger charge is -2.41. The molecule has 0 aliphatic carbocycles. The molecule has 0 radical (unpaired) electrons. The number of rotatable bonds is 6. The lowest BCUT2D eigenvalue weighted by Crippen LogP contribution is -2.56. The number of benzene rings is 1. The molecule has 7 nitrogen and oxygen atoms in total. The summed E-state index contributed by atoms with van der Waals surface area (Å²) in [5, 5.41) is 6.76. The highest BCUT2D eigenvalue weighted by atomic mass is 16.5. The van der Waals surface area contributed by atoms with Crippen LogP contribution in [-0.4, -0.2) is 66.3 Å². The Bertz CT molecular complexity index is 734. The van der Waals surface area contributed by atoms with E-state index in [2.05, 4.69) is 56.5 Å². The fourth-order valence-electron chi connectivity index (χ4n) is 3.19. The van der Waals surface area contributed by atoms with Crippen molar-refractivity contribution in [1.29, 1.82) is 0 Å². The first-order chi connectivity index (χ1) is 13.1. The van der Waals surface area contributed by atoms with Gasteiger partial charge in [0.25, 0.3) is 0 Å². The van der Waals surface area contributed by atoms with Crippen molar-refractivity contribution in [2.24, 2.45) is 4.99 Å². The number of morpholine rings is 1. The van der Waals surface area contributed by atoms with Crippen molar-refractivity contribution in [2.45, 2.75) is 25.9 Å². The Balaban J connectivity index is 1.50. The second kappa shape index (κ2) is 9.01. The second-order valence-corrected chi connectivity index (χ2v) is 7.30. The average molecular weight is 371 g/mol. The fraction of sp³-hybridized carbons (Fsp3) is 0.500. The van der Waals surface area contributed by atoms with Gasteiger partial charge in [0, 0.05) is 32.2 Å². The van der Waals surface area contributed by atoms with Crippen LogP contribution in [0.3, 0.4) is 0 Å². The van der Waals surface area contributed by atoms with Gasteiger partial charge in [0.15, 0.2) is 5.96 Å². The van der Waals surface area contributed by atoms with Crippen LogP contribution in [0.25, 0.3) is 11.3 Å². The molecule has 1 saturated heterocycles. The van der Waals surface area contributed by atoms with Crippen molar-refractivity contribution >= 4 is 5.96 Å². The molecule has 0 unspecified atom stereocenters. The van der Waals surface area contributed by atoms with E-state index in [1.54, 1.807) is 7.05 Å². The Labute approximate surface area is 161 Å². The van der Waals surface area contributed by atoms with Gasteiger partial charge < -0.3 is 20.4 Å². The predicted octanol–water partition coefficient (Wildman–Crippen LogP) is 1.85. The zero-order valence-corrected chi connectivity index (χ0v) is 16.5. The Morgan fingerprint density at radius 1 is 1.22 bits per heavy atom. The number of aromatic amines is 1. The van der Waals surface area contributed by atoms with E-state index in [-0.39, 0.29) is 5.54 Å². The predicted molar refractivity (Wildman–Crippen MR) is 109 cm³/mol. The van der Waals surface area contributed by atoms with Crippen LogP contribution in [0.15, 0.2) is 41.5 Å². The standard InChI is InChI=1S/C20H30N6O/c1-20(2,26-9-11-27-12-10-26)15-24-19(21-3)23-14-18-22-13-17(25-18)16-7-5-4-6-8-16/h4-8,13H,9-12,14-15H2,1-3H3,(H,22,25)(H2,21,23,24). The quantitative estimate of drug-likeness (QED) is 0.534. The minimum Gasteiger partial charge on any atom is -0.379 e. The highest BCUT2D eigenvalue weighted by Crippen LogP contribution is 2.16. The molecule has 1 aliphatic rings. The fourth-order valence-corrected chi connectivity index (χ4v) is 3.19. The van der Waals surface area contributed by atoms with Gasteiger partial charge in [-0.25, -0.2) is 4.98 Å². The summed E-state index contributed by atoms with van der Waals surface area (Å²) < 4.78 is 5.45. The number of H-pyrrole nitrogens is 1. The van der Waals surface area contributed by atoms with Crippen LogP contribution in [0.2, 0.25) is 0 Å². The maximum absolute atomic E-state index is 5.45. The van der Waals surface area contributed by atoms with Gasteiger partial charge in [-0.15, -0.1) is 0 Å². The van der Waals surface area contributed by atoms with Gasteiger partial charge in [0.1, 0.15) is 5.82 Å². The first-order valence-electron chi connectivity index (χ1n) is 9.45. The summed E-state index contributed by atoms with van der Waals surface area (Å²) in [6.07, 6.45) is 1.87. The van der Waals surface area contributed by atoms with E-state index in [1.807, 2.05) is 24.4 Å². The number of nitrogens with one attached hydrogen (secondary N) is 3. The van der Waals surface area contributed by atoms with Crippen molar-refractivity contribution < 1.29 is 4.74 Å². The van der Waals surface area contributed by atoms with E-state index < -0.39 is 0 Å². The SMILES string of the molecule is CN=C(NCc1ncc(-c2ccccc2)[nH]1)NCC(C)(C)N1CCOCC1. The van der Waals surface area contributed by atoms with Gasteiger partial charge in [0.2, 0.25) is 0 Å². The van der Waals surface area contributed by atoms with E-state index in [1.165, 1.54) is 0 Å². The minimum atomic E-state index is 0.0343. The van der Waals surface area contributed by atoms with Gasteiger partial charge >= 0.3 is 0 Å². The summed E-state index contributed by atoms with van der Waals surface area (Å²) in [5.74, 6) is 1.65. The molecule has 0 amide bonds. The van der Waals surface area contributed by atoms with Crippen LogP contribution in [0, 0.1) is 0 Å². The Kier molecular flexibility index (Phi) is 6.47. The molecule has 1 fully saturated rings. The molecule has 0 saturated carbocycles. The molecule has 1 aromatic heterocycles. The van der Waals surface area contributed by atoms with Gasteiger partial charge in [-0.3, -0.25) is 9.89 Å². The maximum Gasteiger partial charge on any atom is 0.191 e. The number of hydrogen-bond donors (Lipinski definition) is 3. The van der Waals surface area contributed by atoms with Crippen molar-refractivity contribution in [3.05, 3.63) is 42.4 Å². The van der Waals surface area contributed by atoms with Crippen molar-refractivity contribution in [3.63, 3.8) is 0 Å². The molecule has 3 N–H and O–H groups in total. The van der Waals surface area contributed by atoms with Crippen LogP contribution in [0.5, 0.6) is 0 Å². The third-order valence-electron chi connectivity index (χ3n) is 4.92. The third-order valence-corrected chi connectivity index (χ3v) is 4.92. The smallest absolute Gasteiger partial charge is 0.191 e. The molecule has 3 rings (SSSR count). The zero-order chi connectivity index (χ0) is 19.1. The summed E-state index contributed by atoms with van der Waals surface area (Å²) >= 11 is 0. The van der Waals surface area contributed by atoms with Crippen LogP contribution < -0.4 is 10.6 Å². The van der Waals surface area contributed by atoms with Crippen LogP contribution in [0.4, 0.5) is 0 Å². The van der Waals surface area contributed by atoms with Crippen molar-refractivity contribution in [2.75, 3.05) is 39.9 Å². The number of guanidine groups is 1. The Hall–Kier alpha value is -2.38. The molecule has 0 atom stereocenters. The number of nitrogens with zero attached hydrogens (tertiary/aromatic N) is 3. The van der Waals surface area contributed by atoms with Crippen LogP contribution in [0.1, 0.15) is 19.7 Å². The van der Waals surface area contributed by atoms with E-state index in [9.17, 15) is 0 Å². The summed E-state index contributed by atoms with van der Waals surface area (Å²) in [6.45, 7) is 9.43. The van der Waals surface area contributed by atoms with Crippen LogP contribution >= 0.6 is 0 Å². The molecule has 146 valence electrons. The first kappa shape index (κ1) is 19.4. The molecule has 1 aliphatic heterocycles. The summed E-state index contributed by atoms with van der Waals surface area (Å²) in [6, 6.07) is 10.2. The number of aromatic nitrogens is 2. The van der Waals surface area contributed by atoms with E-state index in [0.29, 0.717) is 6.54 Å². The third kappa shape index (κ3) is 5.30. The summed E-state index contributed by atoms with van der Waals surface area (Å²) in [5.41, 5.74) is 2.18. The largest absolute Gasteiger partial charge is 0.379 e. The number of ether oxygens (including phenoxy) is 1. The van der Waals surface area contributed by atoms with Gasteiger partial charge in [0.05, 0.1) is 31.6 Å². The maximum atomic E-state index is 5.45. The molecule has 2 heterocycles. The summed E-state index contributed by atoms with van der Waals surface area (Å²) in [4.78, 5) is 14.6. The zero-order valence-electron chi connectivity index (χ0n) is 16.5. The van der Waals surface area contributed by atoms with Gasteiger partial charge in [-0.2, -0.15) is 0 Å². The van der Waals surface area contributed by atoms with Crippen molar-refractivity contribution in [3.8, 4) is 11.3 Å². The monoisotopic (exact) mass is 370 g/mol. The molecule has 0 spiro atoms. The van der Waals surface area contributed by atoms with Gasteiger partial charge in [-0.1, -0.05) is 30.3 Å². The molecule has 7 heteroatoms. The molecular weight excluding hydrogens is 340 g/mol. The highest BCUT2D eigenvalue weighted by Gasteiger charge is 2.28. The normalized spacial score (nSPS) is 16.3. The van der Waals surface area contributed by atoms with Gasteiger partial charge in [-0.05, 0) is 19.4 Å². The van der Waals surface area contributed by atoms with E-state index in [0.717, 1.165) is 55.9 Å². The molecular formula is C20H30N6O. The molecule has 0 bridgehead atoms. The summed E-state index contributed by atoms with van der Waals surface area (Å²) in [7, 11) is 1.79. The highest BCUT2D eigenvalue weighted by molar-refractivity contribution is 5.79. The average Bonchev–Trinajstić information content (AvgIpc) is 3.18. The van der Waals surface area contributed by atoms with E-state index in [4.69, 9.17) is 4.74 Å². The Morgan fingerprint density at radius 2 is 1.96 bits per heavy atom. The second-order valence-electron chi connectivity index (χ2n) is 7.30. The van der Waals surface area contributed by atoms with Crippen LogP contribution in [-0.2, 0) is 11.3 Å². The molecule has 1 aromatic carbocycles. The first-order valence-corrected chi connectivity index (χ1v) is 9.45. The minimum absolute atomic E-state index is 0.0343. The lowest BCUT2D eigenvalue weighted by molar-refractivity contribution is -0.00834. The van der Waals surface area contributed by atoms with Crippen molar-refractivity contribution in [1.82, 2.24) is 25.5 Å². The topological polar surface area (TPSA) is 77.6 Å². The number of imidazole rings is 1. The Morgan fingerprint density at radius 3 is 2.67 bits per heavy atom. The number of hydrogen-bond acceptors (Lipinski definition) is 4. The number of aliphatic imine (C=N–C) groups is 1. The molecule has 27 heavy (non-hydrogen) atoms. The molecule has 2 aromatic rings.